The van der Waals surface area contributed by atoms with Gasteiger partial charge in [0.05, 0.1) is 6.33 Å². The van der Waals surface area contributed by atoms with Crippen molar-refractivity contribution in [3.8, 4) is 5.75 Å². The van der Waals surface area contributed by atoms with Gasteiger partial charge in [-0.3, -0.25) is 0 Å². The first-order valence-corrected chi connectivity index (χ1v) is 6.85. The molecule has 0 fully saturated rings. The lowest BCUT2D eigenvalue weighted by Crippen LogP contribution is -2.04. The molecular weight excluding hydrogens is 266 g/mol. The van der Waals surface area contributed by atoms with Gasteiger partial charge in [-0.1, -0.05) is 32.0 Å². The third-order valence-corrected chi connectivity index (χ3v) is 3.44. The second-order valence-corrected chi connectivity index (χ2v) is 5.19. The van der Waals surface area contributed by atoms with E-state index in [2.05, 4.69) is 39.1 Å². The lowest BCUT2D eigenvalue weighted by atomic mass is 9.99. The predicted octanol–water partition coefficient (Wildman–Crippen LogP) is 2.79. The highest BCUT2D eigenvalue weighted by molar-refractivity contribution is 5.81. The number of H-pyrrole nitrogens is 1. The Hall–Kier alpha value is -2.63. The van der Waals surface area contributed by atoms with Crippen LogP contribution in [-0.2, 0) is 6.54 Å². The van der Waals surface area contributed by atoms with Gasteiger partial charge in [0, 0.05) is 12.1 Å². The molecule has 0 saturated carbocycles. The standard InChI is InChI=1S/C15H17N5O/c1-9(2)11-5-3-4-10(13(11)21)6-16-14-12-15(18-7-17-12)20-8-19-14/h3-5,7-9,21H,6H2,1-2H3,(H2,16,17,18,19,20). The van der Waals surface area contributed by atoms with E-state index in [1.807, 2.05) is 18.2 Å². The Labute approximate surface area is 122 Å². The van der Waals surface area contributed by atoms with Crippen molar-refractivity contribution in [2.24, 2.45) is 0 Å². The topological polar surface area (TPSA) is 86.7 Å². The number of nitrogens with zero attached hydrogens (tertiary/aromatic N) is 3. The molecule has 3 N–H and O–H groups in total. The number of benzene rings is 1. The molecule has 6 nitrogen and oxygen atoms in total. The number of para-hydroxylation sites is 1. The Morgan fingerprint density at radius 2 is 2.10 bits per heavy atom. The average molecular weight is 283 g/mol. The molecule has 0 radical (unpaired) electrons. The summed E-state index contributed by atoms with van der Waals surface area (Å²) in [5.74, 6) is 1.27. The molecule has 0 spiro atoms. The molecule has 21 heavy (non-hydrogen) atoms. The summed E-state index contributed by atoms with van der Waals surface area (Å²) < 4.78 is 0. The molecule has 0 amide bonds. The number of hydrogen-bond donors (Lipinski definition) is 3. The van der Waals surface area contributed by atoms with Crippen molar-refractivity contribution >= 4 is 17.0 Å². The third-order valence-electron chi connectivity index (χ3n) is 3.44. The van der Waals surface area contributed by atoms with Crippen LogP contribution in [0.25, 0.3) is 11.2 Å². The molecule has 0 saturated heterocycles. The highest BCUT2D eigenvalue weighted by Gasteiger charge is 2.11. The van der Waals surface area contributed by atoms with Gasteiger partial charge in [0.15, 0.2) is 11.5 Å². The maximum absolute atomic E-state index is 10.3. The van der Waals surface area contributed by atoms with Gasteiger partial charge < -0.3 is 15.4 Å². The maximum atomic E-state index is 10.3. The van der Waals surface area contributed by atoms with Crippen LogP contribution in [-0.4, -0.2) is 25.0 Å². The van der Waals surface area contributed by atoms with Crippen LogP contribution < -0.4 is 5.32 Å². The molecule has 108 valence electrons. The van der Waals surface area contributed by atoms with E-state index >= 15 is 0 Å². The van der Waals surface area contributed by atoms with Crippen LogP contribution >= 0.6 is 0 Å². The average Bonchev–Trinajstić information content (AvgIpc) is 2.95. The summed E-state index contributed by atoms with van der Waals surface area (Å²) in [5, 5.41) is 13.5. The zero-order chi connectivity index (χ0) is 14.8. The fraction of sp³-hybridized carbons (Fsp3) is 0.267. The van der Waals surface area contributed by atoms with Gasteiger partial charge in [0.2, 0.25) is 0 Å². The molecule has 0 atom stereocenters. The molecule has 0 unspecified atom stereocenters. The molecule has 3 rings (SSSR count). The minimum Gasteiger partial charge on any atom is -0.507 e. The number of aromatic hydroxyl groups is 1. The smallest absolute Gasteiger partial charge is 0.162 e. The molecule has 0 aliphatic rings. The first-order chi connectivity index (χ1) is 10.2. The fourth-order valence-corrected chi connectivity index (χ4v) is 2.29. The van der Waals surface area contributed by atoms with Crippen molar-refractivity contribution in [2.45, 2.75) is 26.3 Å². The molecule has 0 aliphatic carbocycles. The van der Waals surface area contributed by atoms with Gasteiger partial charge >= 0.3 is 0 Å². The second-order valence-electron chi connectivity index (χ2n) is 5.19. The number of aromatic nitrogens is 4. The monoisotopic (exact) mass is 283 g/mol. The first-order valence-electron chi connectivity index (χ1n) is 6.85. The molecule has 2 aromatic heterocycles. The lowest BCUT2D eigenvalue weighted by molar-refractivity contribution is 0.458. The van der Waals surface area contributed by atoms with Crippen molar-refractivity contribution in [1.29, 1.82) is 0 Å². The molecular formula is C15H17N5O. The number of aromatic amines is 1. The number of hydrogen-bond acceptors (Lipinski definition) is 5. The van der Waals surface area contributed by atoms with E-state index in [0.717, 1.165) is 11.1 Å². The molecule has 1 aromatic carbocycles. The number of fused-ring (bicyclic) bond motifs is 1. The van der Waals surface area contributed by atoms with Gasteiger partial charge in [0.25, 0.3) is 0 Å². The van der Waals surface area contributed by atoms with E-state index < -0.39 is 0 Å². The van der Waals surface area contributed by atoms with Gasteiger partial charge in [0.1, 0.15) is 17.6 Å². The Bertz CT molecular complexity index is 766. The summed E-state index contributed by atoms with van der Waals surface area (Å²) in [7, 11) is 0. The van der Waals surface area contributed by atoms with E-state index in [9.17, 15) is 5.11 Å². The van der Waals surface area contributed by atoms with Crippen LogP contribution in [0.1, 0.15) is 30.9 Å². The van der Waals surface area contributed by atoms with Gasteiger partial charge in [-0.15, -0.1) is 0 Å². The van der Waals surface area contributed by atoms with E-state index in [1.54, 1.807) is 6.33 Å². The van der Waals surface area contributed by atoms with Crippen LogP contribution in [0.2, 0.25) is 0 Å². The van der Waals surface area contributed by atoms with Gasteiger partial charge in [-0.05, 0) is 11.5 Å². The Morgan fingerprint density at radius 1 is 1.24 bits per heavy atom. The largest absolute Gasteiger partial charge is 0.507 e. The predicted molar refractivity (Wildman–Crippen MR) is 81.2 cm³/mol. The molecule has 0 bridgehead atoms. The zero-order valence-electron chi connectivity index (χ0n) is 12.0. The quantitative estimate of drug-likeness (QED) is 0.685. The van der Waals surface area contributed by atoms with E-state index in [0.29, 0.717) is 29.3 Å². The summed E-state index contributed by atoms with van der Waals surface area (Å²) >= 11 is 0. The molecule has 0 aliphatic heterocycles. The van der Waals surface area contributed by atoms with Gasteiger partial charge in [-0.25, -0.2) is 15.0 Å². The summed E-state index contributed by atoms with van der Waals surface area (Å²) in [6.45, 7) is 4.60. The highest BCUT2D eigenvalue weighted by Crippen LogP contribution is 2.29. The van der Waals surface area contributed by atoms with Crippen molar-refractivity contribution < 1.29 is 5.11 Å². The maximum Gasteiger partial charge on any atom is 0.162 e. The van der Waals surface area contributed by atoms with Crippen LogP contribution in [0.3, 0.4) is 0 Å². The van der Waals surface area contributed by atoms with Crippen molar-refractivity contribution in [2.75, 3.05) is 5.32 Å². The van der Waals surface area contributed by atoms with Gasteiger partial charge in [-0.2, -0.15) is 0 Å². The number of anilines is 1. The Morgan fingerprint density at radius 3 is 2.90 bits per heavy atom. The van der Waals surface area contributed by atoms with Crippen molar-refractivity contribution in [3.63, 3.8) is 0 Å². The Balaban J connectivity index is 1.85. The first kappa shape index (κ1) is 13.4. The SMILES string of the molecule is CC(C)c1cccc(CNc2ncnc3[nH]cnc23)c1O. The summed E-state index contributed by atoms with van der Waals surface area (Å²) in [5.41, 5.74) is 3.16. The van der Waals surface area contributed by atoms with Crippen LogP contribution in [0.5, 0.6) is 5.75 Å². The third kappa shape index (κ3) is 2.52. The van der Waals surface area contributed by atoms with Crippen LogP contribution in [0, 0.1) is 0 Å². The summed E-state index contributed by atoms with van der Waals surface area (Å²) in [6, 6.07) is 5.80. The number of phenolic OH excluding ortho intramolecular Hbond substituents is 1. The number of imidazole rings is 1. The van der Waals surface area contributed by atoms with E-state index in [-0.39, 0.29) is 5.92 Å². The summed E-state index contributed by atoms with van der Waals surface area (Å²) in [4.78, 5) is 15.4. The number of rotatable bonds is 4. The van der Waals surface area contributed by atoms with Crippen LogP contribution in [0.15, 0.2) is 30.9 Å². The molecule has 6 heteroatoms. The fourth-order valence-electron chi connectivity index (χ4n) is 2.29. The highest BCUT2D eigenvalue weighted by atomic mass is 16.3. The minimum atomic E-state index is 0.280. The number of phenols is 1. The molecule has 3 aromatic rings. The minimum absolute atomic E-state index is 0.280. The zero-order valence-corrected chi connectivity index (χ0v) is 12.0. The molecule has 2 heterocycles. The second kappa shape index (κ2) is 5.40. The number of nitrogens with one attached hydrogen (secondary N) is 2. The van der Waals surface area contributed by atoms with Crippen LogP contribution in [0.4, 0.5) is 5.82 Å². The van der Waals surface area contributed by atoms with E-state index in [1.165, 1.54) is 6.33 Å². The lowest BCUT2D eigenvalue weighted by Gasteiger charge is -2.13. The Kier molecular flexibility index (Phi) is 3.43. The van der Waals surface area contributed by atoms with E-state index in [4.69, 9.17) is 0 Å². The van der Waals surface area contributed by atoms with Crippen molar-refractivity contribution in [3.05, 3.63) is 42.0 Å². The van der Waals surface area contributed by atoms with Crippen molar-refractivity contribution in [1.82, 2.24) is 19.9 Å². The normalized spacial score (nSPS) is 11.2. The summed E-state index contributed by atoms with van der Waals surface area (Å²) in [6.07, 6.45) is 3.06.